The van der Waals surface area contributed by atoms with Crippen molar-refractivity contribution >= 4 is 11.6 Å². The molecule has 1 aliphatic carbocycles. The Hall–Kier alpha value is -1.56. The highest BCUT2D eigenvalue weighted by Gasteiger charge is 2.21. The number of nitrogens with one attached hydrogen (secondary N) is 2. The van der Waals surface area contributed by atoms with Crippen LogP contribution < -0.4 is 11.1 Å². The van der Waals surface area contributed by atoms with Crippen molar-refractivity contribution in [3.8, 4) is 0 Å². The summed E-state index contributed by atoms with van der Waals surface area (Å²) in [6.45, 7) is 3.60. The zero-order valence-corrected chi connectivity index (χ0v) is 9.95. The third-order valence-electron chi connectivity index (χ3n) is 2.79. The van der Waals surface area contributed by atoms with Crippen LogP contribution in [-0.4, -0.2) is 35.9 Å². The van der Waals surface area contributed by atoms with Crippen molar-refractivity contribution in [2.75, 3.05) is 25.5 Å². The van der Waals surface area contributed by atoms with E-state index in [1.54, 1.807) is 6.92 Å². The molecule has 1 aromatic rings. The van der Waals surface area contributed by atoms with Crippen molar-refractivity contribution in [3.63, 3.8) is 0 Å². The van der Waals surface area contributed by atoms with E-state index in [0.717, 1.165) is 12.5 Å². The highest BCUT2D eigenvalue weighted by molar-refractivity contribution is 5.97. The smallest absolute Gasteiger partial charge is 0.274 e. The Balaban J connectivity index is 1.67. The van der Waals surface area contributed by atoms with E-state index in [4.69, 9.17) is 10.5 Å². The van der Waals surface area contributed by atoms with Gasteiger partial charge in [-0.2, -0.15) is 5.10 Å². The summed E-state index contributed by atoms with van der Waals surface area (Å²) in [7, 11) is 0. The van der Waals surface area contributed by atoms with Crippen molar-refractivity contribution < 1.29 is 9.53 Å². The molecule has 0 aromatic carbocycles. The van der Waals surface area contributed by atoms with Crippen LogP contribution in [0.15, 0.2) is 0 Å². The molecule has 1 saturated carbocycles. The second-order valence-electron chi connectivity index (χ2n) is 4.39. The van der Waals surface area contributed by atoms with Gasteiger partial charge >= 0.3 is 0 Å². The highest BCUT2D eigenvalue weighted by Crippen LogP contribution is 2.28. The Morgan fingerprint density at radius 3 is 3.00 bits per heavy atom. The zero-order chi connectivity index (χ0) is 12.3. The molecule has 0 saturated heterocycles. The lowest BCUT2D eigenvalue weighted by molar-refractivity contribution is 0.0902. The number of aromatic nitrogens is 2. The van der Waals surface area contributed by atoms with Gasteiger partial charge in [0.1, 0.15) is 0 Å². The Labute approximate surface area is 99.9 Å². The normalized spacial score (nSPS) is 14.9. The molecule has 0 bridgehead atoms. The highest BCUT2D eigenvalue weighted by atomic mass is 16.5. The van der Waals surface area contributed by atoms with Crippen LogP contribution in [0.25, 0.3) is 0 Å². The maximum absolute atomic E-state index is 11.7. The van der Waals surface area contributed by atoms with E-state index in [-0.39, 0.29) is 11.6 Å². The number of nitrogen functional groups attached to an aromatic ring is 1. The van der Waals surface area contributed by atoms with Crippen LogP contribution in [0.5, 0.6) is 0 Å². The van der Waals surface area contributed by atoms with Gasteiger partial charge in [0.15, 0.2) is 5.69 Å². The standard InChI is InChI=1S/C11H18N4O2/c1-7-9(12)10(15-14-7)11(16)13-4-5-17-6-8-2-3-8/h8H,2-6,12H2,1H3,(H,13,16)(H,14,15). The number of ether oxygens (including phenoxy) is 1. The van der Waals surface area contributed by atoms with Gasteiger partial charge in [0.05, 0.1) is 18.0 Å². The van der Waals surface area contributed by atoms with Gasteiger partial charge in [0.25, 0.3) is 5.91 Å². The molecule has 1 amide bonds. The van der Waals surface area contributed by atoms with Gasteiger partial charge in [-0.05, 0) is 25.7 Å². The van der Waals surface area contributed by atoms with Crippen molar-refractivity contribution in [1.29, 1.82) is 0 Å². The molecule has 2 rings (SSSR count). The fraction of sp³-hybridized carbons (Fsp3) is 0.636. The van der Waals surface area contributed by atoms with E-state index in [1.165, 1.54) is 12.8 Å². The van der Waals surface area contributed by atoms with Crippen LogP contribution in [0.3, 0.4) is 0 Å². The largest absolute Gasteiger partial charge is 0.395 e. The van der Waals surface area contributed by atoms with Gasteiger partial charge in [-0.25, -0.2) is 0 Å². The van der Waals surface area contributed by atoms with E-state index in [9.17, 15) is 4.79 Å². The number of aryl methyl sites for hydroxylation is 1. The summed E-state index contributed by atoms with van der Waals surface area (Å²) in [5.41, 5.74) is 7.06. The molecule has 1 heterocycles. The third-order valence-corrected chi connectivity index (χ3v) is 2.79. The lowest BCUT2D eigenvalue weighted by Crippen LogP contribution is -2.28. The molecule has 1 aliphatic rings. The molecule has 0 unspecified atom stereocenters. The lowest BCUT2D eigenvalue weighted by Gasteiger charge is -2.04. The van der Waals surface area contributed by atoms with Gasteiger partial charge in [-0.1, -0.05) is 0 Å². The average molecular weight is 238 g/mol. The minimum Gasteiger partial charge on any atom is -0.395 e. The Kier molecular flexibility index (Phi) is 3.63. The van der Waals surface area contributed by atoms with Crippen LogP contribution in [0.4, 0.5) is 5.69 Å². The molecule has 17 heavy (non-hydrogen) atoms. The first-order valence-electron chi connectivity index (χ1n) is 5.85. The van der Waals surface area contributed by atoms with Gasteiger partial charge in [0.2, 0.25) is 0 Å². The number of nitrogens with zero attached hydrogens (tertiary/aromatic N) is 1. The van der Waals surface area contributed by atoms with Crippen LogP contribution in [0.2, 0.25) is 0 Å². The van der Waals surface area contributed by atoms with E-state index in [2.05, 4.69) is 15.5 Å². The molecule has 0 spiro atoms. The zero-order valence-electron chi connectivity index (χ0n) is 9.95. The molecule has 6 nitrogen and oxygen atoms in total. The van der Waals surface area contributed by atoms with Gasteiger partial charge in [-0.15, -0.1) is 0 Å². The summed E-state index contributed by atoms with van der Waals surface area (Å²) < 4.78 is 5.41. The van der Waals surface area contributed by atoms with Gasteiger partial charge < -0.3 is 15.8 Å². The third kappa shape index (κ3) is 3.20. The first-order valence-corrected chi connectivity index (χ1v) is 5.85. The van der Waals surface area contributed by atoms with E-state index < -0.39 is 0 Å². The maximum Gasteiger partial charge on any atom is 0.274 e. The Morgan fingerprint density at radius 2 is 2.41 bits per heavy atom. The SMILES string of the molecule is Cc1[nH]nc(C(=O)NCCOCC2CC2)c1N. The number of nitrogens with two attached hydrogens (primary N) is 1. The quantitative estimate of drug-likeness (QED) is 0.627. The van der Waals surface area contributed by atoms with E-state index in [0.29, 0.717) is 24.5 Å². The number of carbonyl (C=O) groups is 1. The number of hydrogen-bond acceptors (Lipinski definition) is 4. The first kappa shape index (κ1) is 11.9. The number of rotatable bonds is 6. The maximum atomic E-state index is 11.7. The molecule has 0 aliphatic heterocycles. The lowest BCUT2D eigenvalue weighted by atomic mass is 10.3. The first-order chi connectivity index (χ1) is 8.18. The summed E-state index contributed by atoms with van der Waals surface area (Å²) in [5, 5.41) is 9.25. The summed E-state index contributed by atoms with van der Waals surface area (Å²) >= 11 is 0. The minimum atomic E-state index is -0.262. The number of amides is 1. The van der Waals surface area contributed by atoms with Crippen molar-refractivity contribution in [2.24, 2.45) is 5.92 Å². The average Bonchev–Trinajstić information content (AvgIpc) is 3.06. The second kappa shape index (κ2) is 5.18. The van der Waals surface area contributed by atoms with Crippen LogP contribution in [0, 0.1) is 12.8 Å². The summed E-state index contributed by atoms with van der Waals surface area (Å²) in [6.07, 6.45) is 2.55. The summed E-state index contributed by atoms with van der Waals surface area (Å²) in [6, 6.07) is 0. The Bertz CT molecular complexity index is 398. The number of hydrogen-bond donors (Lipinski definition) is 3. The summed E-state index contributed by atoms with van der Waals surface area (Å²) in [4.78, 5) is 11.7. The van der Waals surface area contributed by atoms with E-state index >= 15 is 0 Å². The second-order valence-corrected chi connectivity index (χ2v) is 4.39. The number of carbonyl (C=O) groups excluding carboxylic acids is 1. The Morgan fingerprint density at radius 1 is 1.65 bits per heavy atom. The molecule has 0 radical (unpaired) electrons. The monoisotopic (exact) mass is 238 g/mol. The fourth-order valence-electron chi connectivity index (χ4n) is 1.47. The number of H-pyrrole nitrogens is 1. The molecular weight excluding hydrogens is 220 g/mol. The molecular formula is C11H18N4O2. The summed E-state index contributed by atoms with van der Waals surface area (Å²) in [5.74, 6) is 0.484. The number of aromatic amines is 1. The van der Waals surface area contributed by atoms with Crippen molar-refractivity contribution in [1.82, 2.24) is 15.5 Å². The molecule has 0 atom stereocenters. The molecule has 94 valence electrons. The van der Waals surface area contributed by atoms with Gasteiger partial charge in [-0.3, -0.25) is 9.89 Å². The van der Waals surface area contributed by atoms with Crippen LogP contribution >= 0.6 is 0 Å². The number of anilines is 1. The predicted molar refractivity (Wildman–Crippen MR) is 63.6 cm³/mol. The molecule has 1 aromatic heterocycles. The molecule has 1 fully saturated rings. The minimum absolute atomic E-state index is 0.254. The molecule has 6 heteroatoms. The molecule has 4 N–H and O–H groups in total. The fourth-order valence-corrected chi connectivity index (χ4v) is 1.47. The van der Waals surface area contributed by atoms with Gasteiger partial charge in [0, 0.05) is 13.2 Å². The predicted octanol–water partition coefficient (Wildman–Crippen LogP) is 0.457. The van der Waals surface area contributed by atoms with Crippen LogP contribution in [0.1, 0.15) is 29.0 Å². The van der Waals surface area contributed by atoms with E-state index in [1.807, 2.05) is 0 Å². The topological polar surface area (TPSA) is 93.0 Å². The van der Waals surface area contributed by atoms with Crippen molar-refractivity contribution in [2.45, 2.75) is 19.8 Å². The van der Waals surface area contributed by atoms with Crippen LogP contribution in [-0.2, 0) is 4.74 Å². The van der Waals surface area contributed by atoms with Crippen molar-refractivity contribution in [3.05, 3.63) is 11.4 Å².